The molecule has 478 valence electrons. The summed E-state index contributed by atoms with van der Waals surface area (Å²) in [5.41, 5.74) is 2.10. The van der Waals surface area contributed by atoms with Crippen LogP contribution in [0.15, 0.2) is 54.6 Å². The number of Topliss-reactive ketones (excluding diaryl/α,β-unsaturated/α-hetero) is 3. The molecule has 21 heteroatoms. The maximum Gasteiger partial charge on any atom is 0.410 e. The monoisotopic (exact) mass is 1220 g/mol. The van der Waals surface area contributed by atoms with Gasteiger partial charge < -0.3 is 44.7 Å². The number of nitrogens with zero attached hydrogens (tertiary/aromatic N) is 4. The summed E-state index contributed by atoms with van der Waals surface area (Å²) in [5, 5.41) is 15.7. The number of carbonyl (C=O) groups excluding carboxylic acids is 9. The van der Waals surface area contributed by atoms with E-state index in [9.17, 15) is 53.1 Å². The van der Waals surface area contributed by atoms with Gasteiger partial charge in [0.15, 0.2) is 11.6 Å². The van der Waals surface area contributed by atoms with Crippen LogP contribution in [0.3, 0.4) is 0 Å². The minimum absolute atomic E-state index is 0.0479. The molecule has 0 radical (unpaired) electrons. The number of thioether (sulfide) groups is 1. The van der Waals surface area contributed by atoms with Crippen LogP contribution in [0.4, 0.5) is 10.5 Å². The van der Waals surface area contributed by atoms with E-state index in [0.717, 1.165) is 5.56 Å². The number of hydrogen-bond acceptors (Lipinski definition) is 15. The molecule has 0 saturated carbocycles. The van der Waals surface area contributed by atoms with Crippen molar-refractivity contribution in [3.05, 3.63) is 65.7 Å². The Labute approximate surface area is 514 Å². The molecule has 2 aliphatic rings. The fourth-order valence-corrected chi connectivity index (χ4v) is 12.7. The van der Waals surface area contributed by atoms with E-state index in [0.29, 0.717) is 56.4 Å². The second kappa shape index (κ2) is 35.0. The van der Waals surface area contributed by atoms with E-state index >= 15 is 0 Å². The number of benzene rings is 2. The Morgan fingerprint density at radius 1 is 0.744 bits per heavy atom. The molecular weight excluding hydrogens is 1120 g/mol. The maximum atomic E-state index is 14.7. The Bertz CT molecular complexity index is 2600. The Morgan fingerprint density at radius 3 is 1.97 bits per heavy atom. The summed E-state index contributed by atoms with van der Waals surface area (Å²) in [6.07, 6.45) is 2.90. The van der Waals surface area contributed by atoms with E-state index in [-0.39, 0.29) is 127 Å². The van der Waals surface area contributed by atoms with Crippen LogP contribution in [-0.2, 0) is 70.4 Å². The molecule has 2 aromatic rings. The zero-order valence-electron chi connectivity index (χ0n) is 53.3. The molecule has 0 aromatic heterocycles. The molecule has 2 aromatic carbocycles. The highest BCUT2D eigenvalue weighted by Gasteiger charge is 2.44. The van der Waals surface area contributed by atoms with E-state index in [1.807, 2.05) is 92.0 Å². The number of anilines is 1. The lowest BCUT2D eigenvalue weighted by Gasteiger charge is -2.40. The van der Waals surface area contributed by atoms with Crippen molar-refractivity contribution in [3.8, 4) is 0 Å². The molecule has 3 N–H and O–H groups in total. The third-order valence-corrected chi connectivity index (χ3v) is 18.0. The molecule has 2 aliphatic heterocycles. The van der Waals surface area contributed by atoms with Gasteiger partial charge >= 0.3 is 12.1 Å². The van der Waals surface area contributed by atoms with Gasteiger partial charge in [-0.2, -0.15) is 11.8 Å². The minimum atomic E-state index is -1.06. The second-order valence-electron chi connectivity index (χ2n) is 24.6. The minimum Gasteiger partial charge on any atom is -0.481 e. The lowest BCUT2D eigenvalue weighted by molar-refractivity contribution is -0.149. The first-order chi connectivity index (χ1) is 40.7. The number of rotatable bonds is 37. The van der Waals surface area contributed by atoms with Gasteiger partial charge in [-0.25, -0.2) is 4.79 Å². The Morgan fingerprint density at radius 2 is 1.41 bits per heavy atom. The van der Waals surface area contributed by atoms with Crippen LogP contribution in [0.5, 0.6) is 0 Å². The lowest BCUT2D eigenvalue weighted by atomic mass is 9.84. The van der Waals surface area contributed by atoms with Crippen LogP contribution < -0.4 is 10.6 Å². The van der Waals surface area contributed by atoms with Gasteiger partial charge in [0.2, 0.25) is 29.5 Å². The molecule has 4 rings (SSSR count). The van der Waals surface area contributed by atoms with E-state index in [1.165, 1.54) is 42.8 Å². The number of nitrogens with one attached hydrogen (secondary N) is 2. The van der Waals surface area contributed by atoms with E-state index in [1.54, 1.807) is 48.0 Å². The highest BCUT2D eigenvalue weighted by Crippen LogP contribution is 2.32. The van der Waals surface area contributed by atoms with Crippen molar-refractivity contribution >= 4 is 76.4 Å². The number of carboxylic acids is 1. The molecule has 86 heavy (non-hydrogen) atoms. The number of carboxylic acid groups (broad SMARTS) is 1. The lowest BCUT2D eigenvalue weighted by Crippen LogP contribution is -2.54. The van der Waals surface area contributed by atoms with Crippen molar-refractivity contribution in [1.29, 1.82) is 0 Å². The maximum absolute atomic E-state index is 14.7. The first-order valence-electron chi connectivity index (χ1n) is 30.5. The van der Waals surface area contributed by atoms with Crippen molar-refractivity contribution in [2.75, 3.05) is 59.5 Å². The van der Waals surface area contributed by atoms with Gasteiger partial charge in [-0.15, -0.1) is 0 Å². The molecule has 0 bridgehead atoms. The summed E-state index contributed by atoms with van der Waals surface area (Å²) in [6, 6.07) is 13.5. The molecule has 2 fully saturated rings. The second-order valence-corrected chi connectivity index (χ2v) is 25.7. The van der Waals surface area contributed by atoms with Crippen molar-refractivity contribution in [2.45, 2.75) is 181 Å². The summed E-state index contributed by atoms with van der Waals surface area (Å²) in [6.45, 7) is 17.3. The number of methoxy groups -OCH3 is 2. The third kappa shape index (κ3) is 20.5. The number of unbranched alkanes of at least 4 members (excludes halogenated alkanes) is 2. The highest BCUT2D eigenvalue weighted by molar-refractivity contribution is 8.00. The molecule has 20 nitrogen and oxygen atoms in total. The number of likely N-dealkylation sites (N-methyl/N-ethyl adjacent to an activating group) is 2. The number of hydrogen-bond donors (Lipinski definition) is 3. The summed E-state index contributed by atoms with van der Waals surface area (Å²) < 4.78 is 17.7. The van der Waals surface area contributed by atoms with Crippen molar-refractivity contribution in [1.82, 2.24) is 24.9 Å². The average molecular weight is 1220 g/mol. The summed E-state index contributed by atoms with van der Waals surface area (Å²) in [5.74, 6) is -6.33. The van der Waals surface area contributed by atoms with Gasteiger partial charge in [0.05, 0.1) is 60.5 Å². The molecule has 2 heterocycles. The largest absolute Gasteiger partial charge is 0.481 e. The number of aliphatic carboxylic acids is 1. The van der Waals surface area contributed by atoms with Crippen LogP contribution >= 0.6 is 11.8 Å². The van der Waals surface area contributed by atoms with Crippen LogP contribution in [0.25, 0.3) is 0 Å². The molecule has 6 amide bonds. The molecule has 10 atom stereocenters. The third-order valence-electron chi connectivity index (χ3n) is 17.0. The number of carbonyl (C=O) groups is 10. The zero-order valence-corrected chi connectivity index (χ0v) is 54.2. The standard InChI is InChI=1S/C65H98N6O14S/c1-39(2)48(62(78)68(10)60(42(7)8)53(83-12)35-56(76)70-31-21-24-49(70)61(84-13)43(9)50(72)33-46(64(80)81)32-44-22-17-15-18-23-44)34-51(73)59(41(5)6)69(11)65(82)85-38-45-26-28-47(29-27-45)66-37-52(74)58(40(3)4)67-55(75)25-19-16-20-30-71-57(77)36-54(86-14)63(71)79/h15,17-18,22-23,26-29,39-43,46,48-49,53-54,58-61,66H,16,19-21,24-25,30-38H2,1-14H3,(H,67,75)(H,80,81)/t43-,46+,48-,49-,53+,54?,58-,59-,60-,61+/m0/s1. The van der Waals surface area contributed by atoms with Crippen molar-refractivity contribution < 1.29 is 67.3 Å². The Balaban J connectivity index is 1.31. The predicted octanol–water partition coefficient (Wildman–Crippen LogP) is 8.12. The summed E-state index contributed by atoms with van der Waals surface area (Å²) in [7, 11) is 6.16. The van der Waals surface area contributed by atoms with Crippen LogP contribution in [0.2, 0.25) is 0 Å². The molecular formula is C65H98N6O14S. The number of likely N-dealkylation sites (tertiary alicyclic amines) is 2. The number of imide groups is 1. The van der Waals surface area contributed by atoms with Crippen LogP contribution in [0, 0.1) is 41.4 Å². The fourth-order valence-electron chi connectivity index (χ4n) is 12.1. The summed E-state index contributed by atoms with van der Waals surface area (Å²) in [4.78, 5) is 140. The molecule has 0 spiro atoms. The first kappa shape index (κ1) is 72.3. The van der Waals surface area contributed by atoms with Crippen LogP contribution in [0.1, 0.15) is 138 Å². The number of amides is 6. The summed E-state index contributed by atoms with van der Waals surface area (Å²) >= 11 is 1.38. The topological polar surface area (TPSA) is 256 Å². The van der Waals surface area contributed by atoms with Crippen molar-refractivity contribution in [2.24, 2.45) is 41.4 Å². The van der Waals surface area contributed by atoms with Gasteiger partial charge in [0.25, 0.3) is 0 Å². The average Bonchev–Trinajstić information content (AvgIpc) is 2.50. The predicted molar refractivity (Wildman–Crippen MR) is 331 cm³/mol. The smallest absolute Gasteiger partial charge is 0.410 e. The molecule has 1 unspecified atom stereocenters. The Hall–Kier alpha value is -6.19. The van der Waals surface area contributed by atoms with E-state index in [4.69, 9.17) is 14.2 Å². The normalized spacial score (nSPS) is 18.1. The van der Waals surface area contributed by atoms with Crippen molar-refractivity contribution in [3.63, 3.8) is 0 Å². The SMILES string of the molecule is CO[C@H]([C@@H](C)C(=O)C[C@@H](Cc1ccccc1)C(=O)O)[C@@H]1CCCN1C(=O)C[C@@H](OC)[C@H](C(C)C)N(C)C(=O)[C@@H](CC(=O)[C@H](C(C)C)N(C)C(=O)OCc1ccc(NCC(=O)[C@@H](NC(=O)CCCCCN2C(=O)CC(SC)C2=O)C(C)C)cc1)C(C)C. The molecule has 2 saturated heterocycles. The number of ketones is 3. The van der Waals surface area contributed by atoms with Gasteiger partial charge in [-0.3, -0.25) is 48.1 Å². The van der Waals surface area contributed by atoms with E-state index < -0.39 is 66.2 Å². The van der Waals surface area contributed by atoms with Gasteiger partial charge in [-0.05, 0) is 85.3 Å². The molecule has 0 aliphatic carbocycles. The van der Waals surface area contributed by atoms with Crippen LogP contribution in [-0.4, -0.2) is 179 Å². The quantitative estimate of drug-likeness (QED) is 0.0426. The number of ether oxygens (including phenoxy) is 3. The van der Waals surface area contributed by atoms with Gasteiger partial charge in [0.1, 0.15) is 12.4 Å². The van der Waals surface area contributed by atoms with Gasteiger partial charge in [-0.1, -0.05) is 111 Å². The first-order valence-corrected chi connectivity index (χ1v) is 31.8. The Kier molecular flexibility index (Phi) is 29.4. The van der Waals surface area contributed by atoms with Gasteiger partial charge in [0, 0.05) is 84.6 Å². The highest BCUT2D eigenvalue weighted by atomic mass is 32.2. The van der Waals surface area contributed by atoms with E-state index in [2.05, 4.69) is 10.6 Å². The fraction of sp³-hybridized carbons (Fsp3) is 0.662. The zero-order chi connectivity index (χ0) is 64.1.